The number of rotatable bonds is 5. The number of H-pyrrole nitrogens is 1. The van der Waals surface area contributed by atoms with Gasteiger partial charge in [-0.2, -0.15) is 0 Å². The van der Waals surface area contributed by atoms with E-state index in [0.29, 0.717) is 12.1 Å². The Labute approximate surface area is 179 Å². The highest BCUT2D eigenvalue weighted by Gasteiger charge is 2.40. The Morgan fingerprint density at radius 1 is 1.06 bits per heavy atom. The molecule has 0 bridgehead atoms. The molecule has 0 fully saturated rings. The maximum Gasteiger partial charge on any atom is 0.255 e. The number of amides is 2. The molecule has 0 unspecified atom stereocenters. The fourth-order valence-corrected chi connectivity index (χ4v) is 4.40. The van der Waals surface area contributed by atoms with Gasteiger partial charge < -0.3 is 15.2 Å². The highest BCUT2D eigenvalue weighted by atomic mass is 16.2. The van der Waals surface area contributed by atoms with E-state index in [1.807, 2.05) is 67.6 Å². The number of aromatic amines is 1. The molecule has 0 spiro atoms. The minimum absolute atomic E-state index is 0.0238. The Hall–Kier alpha value is -3.93. The molecule has 2 aromatic carbocycles. The van der Waals surface area contributed by atoms with Crippen LogP contribution in [-0.2, 0) is 11.3 Å². The topological polar surface area (TPSA) is 78.1 Å². The summed E-state index contributed by atoms with van der Waals surface area (Å²) in [5, 5.41) is 3.95. The molecule has 2 amide bonds. The van der Waals surface area contributed by atoms with Crippen molar-refractivity contribution in [2.75, 3.05) is 6.54 Å². The van der Waals surface area contributed by atoms with Crippen LogP contribution in [0.1, 0.15) is 38.9 Å². The van der Waals surface area contributed by atoms with Gasteiger partial charge in [-0.05, 0) is 36.8 Å². The van der Waals surface area contributed by atoms with E-state index >= 15 is 0 Å². The summed E-state index contributed by atoms with van der Waals surface area (Å²) in [5.74, 6) is -0.340. The number of fused-ring (bicyclic) bond motifs is 2. The highest BCUT2D eigenvalue weighted by molar-refractivity contribution is 6.02. The normalized spacial score (nSPS) is 15.3. The molecule has 0 radical (unpaired) electrons. The third-order valence-electron chi connectivity index (χ3n) is 5.78. The van der Waals surface area contributed by atoms with Crippen molar-refractivity contribution < 1.29 is 9.59 Å². The number of aryl methyl sites for hydroxylation is 1. The Balaban J connectivity index is 1.49. The summed E-state index contributed by atoms with van der Waals surface area (Å²) in [4.78, 5) is 35.4. The number of pyridine rings is 1. The molecule has 3 heterocycles. The van der Waals surface area contributed by atoms with E-state index in [0.717, 1.165) is 33.4 Å². The van der Waals surface area contributed by atoms with Crippen LogP contribution >= 0.6 is 0 Å². The molecular weight excluding hydrogens is 388 g/mol. The maximum atomic E-state index is 13.3. The van der Waals surface area contributed by atoms with Crippen LogP contribution in [0.2, 0.25) is 0 Å². The summed E-state index contributed by atoms with van der Waals surface area (Å²) >= 11 is 0. The van der Waals surface area contributed by atoms with Crippen molar-refractivity contribution >= 4 is 22.7 Å². The molecule has 0 aliphatic carbocycles. The highest BCUT2D eigenvalue weighted by Crippen LogP contribution is 2.42. The quantitative estimate of drug-likeness (QED) is 0.526. The number of aromatic nitrogens is 2. The molecular formula is C25H22N4O2. The first kappa shape index (κ1) is 19.1. The zero-order valence-electron chi connectivity index (χ0n) is 17.1. The largest absolute Gasteiger partial charge is 0.358 e. The summed E-state index contributed by atoms with van der Waals surface area (Å²) in [7, 11) is 0. The zero-order chi connectivity index (χ0) is 21.4. The number of hydrogen-bond donors (Lipinski definition) is 2. The van der Waals surface area contributed by atoms with Gasteiger partial charge in [0.25, 0.3) is 5.91 Å². The summed E-state index contributed by atoms with van der Waals surface area (Å²) in [6.45, 7) is 2.31. The third-order valence-corrected chi connectivity index (χ3v) is 5.78. The average Bonchev–Trinajstić information content (AvgIpc) is 3.26. The molecule has 6 heteroatoms. The number of carbonyl (C=O) groups is 2. The second kappa shape index (κ2) is 7.72. The first-order chi connectivity index (χ1) is 15.1. The van der Waals surface area contributed by atoms with Crippen LogP contribution in [0.25, 0.3) is 10.9 Å². The predicted octanol–water partition coefficient (Wildman–Crippen LogP) is 3.73. The molecule has 0 saturated carbocycles. The average molecular weight is 410 g/mol. The van der Waals surface area contributed by atoms with Crippen molar-refractivity contribution in [3.8, 4) is 0 Å². The van der Waals surface area contributed by atoms with Crippen LogP contribution in [0.4, 0.5) is 0 Å². The van der Waals surface area contributed by atoms with Crippen molar-refractivity contribution in [2.45, 2.75) is 19.5 Å². The predicted molar refractivity (Wildman–Crippen MR) is 118 cm³/mol. The fourth-order valence-electron chi connectivity index (χ4n) is 4.40. The van der Waals surface area contributed by atoms with Gasteiger partial charge >= 0.3 is 0 Å². The molecule has 0 saturated heterocycles. The van der Waals surface area contributed by atoms with E-state index < -0.39 is 0 Å². The summed E-state index contributed by atoms with van der Waals surface area (Å²) in [6.07, 6.45) is 1.69. The molecule has 4 aromatic rings. The van der Waals surface area contributed by atoms with Gasteiger partial charge in [0.2, 0.25) is 5.91 Å². The van der Waals surface area contributed by atoms with Crippen LogP contribution in [-0.4, -0.2) is 33.2 Å². The van der Waals surface area contributed by atoms with Gasteiger partial charge in [-0.15, -0.1) is 0 Å². The lowest BCUT2D eigenvalue weighted by Crippen LogP contribution is -2.39. The van der Waals surface area contributed by atoms with Crippen LogP contribution in [0.3, 0.4) is 0 Å². The Morgan fingerprint density at radius 2 is 1.84 bits per heavy atom. The first-order valence-corrected chi connectivity index (χ1v) is 10.3. The molecule has 2 N–H and O–H groups in total. The lowest BCUT2D eigenvalue weighted by molar-refractivity contribution is -0.122. The van der Waals surface area contributed by atoms with Crippen molar-refractivity contribution in [1.82, 2.24) is 20.2 Å². The minimum atomic E-state index is -0.319. The second-order valence-electron chi connectivity index (χ2n) is 7.73. The number of benzene rings is 2. The van der Waals surface area contributed by atoms with Gasteiger partial charge in [-0.1, -0.05) is 42.5 Å². The van der Waals surface area contributed by atoms with E-state index in [-0.39, 0.29) is 24.4 Å². The lowest BCUT2D eigenvalue weighted by atomic mass is 9.95. The van der Waals surface area contributed by atoms with E-state index in [1.165, 1.54) is 0 Å². The third kappa shape index (κ3) is 3.36. The number of hydrogen-bond acceptors (Lipinski definition) is 3. The smallest absolute Gasteiger partial charge is 0.255 e. The Kier molecular flexibility index (Phi) is 4.75. The fraction of sp³-hybridized carbons (Fsp3) is 0.160. The van der Waals surface area contributed by atoms with E-state index in [1.54, 1.807) is 11.1 Å². The molecule has 1 atom stereocenters. The SMILES string of the molecule is Cc1[nH]c2ccccc2c1[C@@H]1c2ccccc2C(=O)N1CC(=O)NCc1ccccn1. The van der Waals surface area contributed by atoms with Gasteiger partial charge in [-0.25, -0.2) is 0 Å². The molecule has 1 aliphatic heterocycles. The number of carbonyl (C=O) groups excluding carboxylic acids is 2. The molecule has 6 nitrogen and oxygen atoms in total. The molecule has 1 aliphatic rings. The molecule has 5 rings (SSSR count). The van der Waals surface area contributed by atoms with E-state index in [9.17, 15) is 9.59 Å². The monoisotopic (exact) mass is 410 g/mol. The number of nitrogens with one attached hydrogen (secondary N) is 2. The second-order valence-corrected chi connectivity index (χ2v) is 7.73. The van der Waals surface area contributed by atoms with Crippen LogP contribution in [0, 0.1) is 6.92 Å². The molecule has 31 heavy (non-hydrogen) atoms. The standard InChI is InChI=1S/C25H22N4O2/c1-16-23(20-11-4-5-12-21(20)28-16)24-18-9-2-3-10-19(18)25(31)29(24)15-22(30)27-14-17-8-6-7-13-26-17/h2-13,24,28H,14-15H2,1H3,(H,27,30)/t24-/m0/s1. The van der Waals surface area contributed by atoms with Crippen molar-refractivity contribution in [1.29, 1.82) is 0 Å². The molecule has 154 valence electrons. The van der Waals surface area contributed by atoms with Crippen LogP contribution < -0.4 is 5.32 Å². The van der Waals surface area contributed by atoms with Gasteiger partial charge in [0.1, 0.15) is 6.54 Å². The Morgan fingerprint density at radius 3 is 2.68 bits per heavy atom. The van der Waals surface area contributed by atoms with Gasteiger partial charge in [-0.3, -0.25) is 14.6 Å². The number of nitrogens with zero attached hydrogens (tertiary/aromatic N) is 2. The van der Waals surface area contributed by atoms with Gasteiger partial charge in [0, 0.05) is 33.9 Å². The van der Waals surface area contributed by atoms with Gasteiger partial charge in [0.05, 0.1) is 18.3 Å². The van der Waals surface area contributed by atoms with Crippen LogP contribution in [0.15, 0.2) is 72.9 Å². The first-order valence-electron chi connectivity index (χ1n) is 10.3. The van der Waals surface area contributed by atoms with Crippen molar-refractivity contribution in [2.24, 2.45) is 0 Å². The van der Waals surface area contributed by atoms with E-state index in [2.05, 4.69) is 21.4 Å². The Bertz CT molecular complexity index is 1280. The summed E-state index contributed by atoms with van der Waals surface area (Å²) < 4.78 is 0. The van der Waals surface area contributed by atoms with Crippen molar-refractivity contribution in [3.05, 3.63) is 101 Å². The minimum Gasteiger partial charge on any atom is -0.358 e. The maximum absolute atomic E-state index is 13.3. The van der Waals surface area contributed by atoms with Crippen LogP contribution in [0.5, 0.6) is 0 Å². The lowest BCUT2D eigenvalue weighted by Gasteiger charge is -2.25. The summed E-state index contributed by atoms with van der Waals surface area (Å²) in [5.41, 5.74) is 5.40. The zero-order valence-corrected chi connectivity index (χ0v) is 17.1. The molecule has 2 aromatic heterocycles. The van der Waals surface area contributed by atoms with Gasteiger partial charge in [0.15, 0.2) is 0 Å². The summed E-state index contributed by atoms with van der Waals surface area (Å²) in [6, 6.07) is 20.9. The number of para-hydroxylation sites is 1. The van der Waals surface area contributed by atoms with Crippen molar-refractivity contribution in [3.63, 3.8) is 0 Å². The van der Waals surface area contributed by atoms with E-state index in [4.69, 9.17) is 0 Å².